The van der Waals surface area contributed by atoms with Gasteiger partial charge in [0.15, 0.2) is 0 Å². The first-order valence-corrected chi connectivity index (χ1v) is 9.05. The molecule has 0 aliphatic carbocycles. The molecule has 3 rings (SSSR count). The van der Waals surface area contributed by atoms with E-state index < -0.39 is 0 Å². The van der Waals surface area contributed by atoms with Crippen molar-refractivity contribution in [3.05, 3.63) is 35.3 Å². The van der Waals surface area contributed by atoms with Crippen LogP contribution >= 0.6 is 11.3 Å². The smallest absolute Gasteiger partial charge is 0.231 e. The number of anilines is 2. The highest BCUT2D eigenvalue weighted by Crippen LogP contribution is 2.26. The number of hydrogen-bond acceptors (Lipinski definition) is 6. The number of nitrogens with zero attached hydrogens (tertiary/aromatic N) is 3. The van der Waals surface area contributed by atoms with Gasteiger partial charge in [0.25, 0.3) is 0 Å². The van der Waals surface area contributed by atoms with Gasteiger partial charge in [0.2, 0.25) is 16.9 Å². The topological polar surface area (TPSA) is 84.4 Å². The van der Waals surface area contributed by atoms with Gasteiger partial charge < -0.3 is 15.0 Å². The van der Waals surface area contributed by atoms with Gasteiger partial charge in [0.1, 0.15) is 5.01 Å². The van der Waals surface area contributed by atoms with Crippen LogP contribution in [0.2, 0.25) is 0 Å². The average molecular weight is 360 g/mol. The molecule has 2 aromatic rings. The van der Waals surface area contributed by atoms with E-state index in [9.17, 15) is 9.59 Å². The van der Waals surface area contributed by atoms with E-state index in [0.29, 0.717) is 31.3 Å². The van der Waals surface area contributed by atoms with E-state index in [1.807, 2.05) is 37.3 Å². The minimum atomic E-state index is -0.386. The third kappa shape index (κ3) is 4.40. The lowest BCUT2D eigenvalue weighted by Gasteiger charge is -2.16. The molecule has 0 bridgehead atoms. The standard InChI is InChI=1S/C17H20N4O3S/c1-2-24-9-8-14-19-20-17(25-14)18-16(23)12-10-15(22)21(11-12)13-6-4-3-5-7-13/h3-7,12H,2,8-11H2,1H3,(H,18,20,23). The molecule has 25 heavy (non-hydrogen) atoms. The summed E-state index contributed by atoms with van der Waals surface area (Å²) in [5.41, 5.74) is 0.817. The zero-order valence-electron chi connectivity index (χ0n) is 14.0. The van der Waals surface area contributed by atoms with E-state index in [4.69, 9.17) is 4.74 Å². The average Bonchev–Trinajstić information content (AvgIpc) is 3.22. The Balaban J connectivity index is 1.56. The summed E-state index contributed by atoms with van der Waals surface area (Å²) < 4.78 is 5.28. The minimum absolute atomic E-state index is 0.0407. The molecule has 1 aromatic heterocycles. The number of benzene rings is 1. The maximum atomic E-state index is 12.4. The molecule has 0 saturated carbocycles. The molecule has 1 unspecified atom stereocenters. The quantitative estimate of drug-likeness (QED) is 0.765. The fourth-order valence-electron chi connectivity index (χ4n) is 2.66. The first kappa shape index (κ1) is 17.5. The lowest BCUT2D eigenvalue weighted by molar-refractivity contribution is -0.122. The molecule has 2 heterocycles. The maximum Gasteiger partial charge on any atom is 0.231 e. The molecule has 1 atom stereocenters. The van der Waals surface area contributed by atoms with Crippen LogP contribution in [-0.4, -0.2) is 41.8 Å². The molecule has 8 heteroatoms. The maximum absolute atomic E-state index is 12.4. The normalized spacial score (nSPS) is 17.1. The van der Waals surface area contributed by atoms with Crippen molar-refractivity contribution in [2.45, 2.75) is 19.8 Å². The number of ether oxygens (including phenoxy) is 1. The second-order valence-corrected chi connectivity index (χ2v) is 6.74. The molecule has 0 radical (unpaired) electrons. The van der Waals surface area contributed by atoms with Gasteiger partial charge in [0, 0.05) is 31.7 Å². The Labute approximate surface area is 150 Å². The van der Waals surface area contributed by atoms with E-state index in [-0.39, 0.29) is 24.2 Å². The van der Waals surface area contributed by atoms with Gasteiger partial charge in [-0.3, -0.25) is 9.59 Å². The summed E-state index contributed by atoms with van der Waals surface area (Å²) >= 11 is 1.34. The summed E-state index contributed by atoms with van der Waals surface area (Å²) in [7, 11) is 0. The summed E-state index contributed by atoms with van der Waals surface area (Å²) in [6.45, 7) is 3.57. The SMILES string of the molecule is CCOCCc1nnc(NC(=O)C2CC(=O)N(c3ccccc3)C2)s1. The number of aromatic nitrogens is 2. The third-order valence-corrected chi connectivity index (χ3v) is 4.82. The summed E-state index contributed by atoms with van der Waals surface area (Å²) in [6, 6.07) is 9.38. The van der Waals surface area contributed by atoms with E-state index in [0.717, 1.165) is 10.7 Å². The van der Waals surface area contributed by atoms with Crippen LogP contribution in [0.5, 0.6) is 0 Å². The highest BCUT2D eigenvalue weighted by molar-refractivity contribution is 7.15. The zero-order valence-corrected chi connectivity index (χ0v) is 14.8. The van der Waals surface area contributed by atoms with Crippen LogP contribution in [-0.2, 0) is 20.7 Å². The van der Waals surface area contributed by atoms with Crippen molar-refractivity contribution < 1.29 is 14.3 Å². The second kappa shape index (κ2) is 8.17. The number of nitrogens with one attached hydrogen (secondary N) is 1. The van der Waals surface area contributed by atoms with Crippen molar-refractivity contribution in [3.63, 3.8) is 0 Å². The van der Waals surface area contributed by atoms with Crippen LogP contribution in [0.15, 0.2) is 30.3 Å². The number of rotatable bonds is 7. The summed E-state index contributed by atoms with van der Waals surface area (Å²) in [4.78, 5) is 26.3. The second-order valence-electron chi connectivity index (χ2n) is 5.68. The molecular weight excluding hydrogens is 340 g/mol. The Kier molecular flexibility index (Phi) is 5.72. The fraction of sp³-hybridized carbons (Fsp3) is 0.412. The number of amides is 2. The molecule has 7 nitrogen and oxygen atoms in total. The molecule has 1 saturated heterocycles. The molecule has 1 aromatic carbocycles. The van der Waals surface area contributed by atoms with Crippen molar-refractivity contribution in [1.82, 2.24) is 10.2 Å². The van der Waals surface area contributed by atoms with Gasteiger partial charge >= 0.3 is 0 Å². The van der Waals surface area contributed by atoms with Gasteiger partial charge in [-0.25, -0.2) is 0 Å². The van der Waals surface area contributed by atoms with Gasteiger partial charge in [-0.1, -0.05) is 29.5 Å². The molecular formula is C17H20N4O3S. The van der Waals surface area contributed by atoms with E-state index >= 15 is 0 Å². The highest BCUT2D eigenvalue weighted by atomic mass is 32.1. The molecule has 132 valence electrons. The Morgan fingerprint density at radius 2 is 2.16 bits per heavy atom. The Bertz CT molecular complexity index is 735. The van der Waals surface area contributed by atoms with Gasteiger partial charge in [-0.2, -0.15) is 0 Å². The predicted octanol–water partition coefficient (Wildman–Crippen LogP) is 2.11. The highest BCUT2D eigenvalue weighted by Gasteiger charge is 2.35. The minimum Gasteiger partial charge on any atom is -0.381 e. The number of carbonyl (C=O) groups is 2. The van der Waals surface area contributed by atoms with Crippen molar-refractivity contribution in [3.8, 4) is 0 Å². The van der Waals surface area contributed by atoms with Crippen LogP contribution in [0.1, 0.15) is 18.4 Å². The van der Waals surface area contributed by atoms with E-state index in [2.05, 4.69) is 15.5 Å². The van der Waals surface area contributed by atoms with Crippen LogP contribution in [0.25, 0.3) is 0 Å². The Hall–Kier alpha value is -2.32. The van der Waals surface area contributed by atoms with Crippen LogP contribution in [0.3, 0.4) is 0 Å². The molecule has 1 N–H and O–H groups in total. The Morgan fingerprint density at radius 3 is 2.92 bits per heavy atom. The molecule has 0 spiro atoms. The number of carbonyl (C=O) groups excluding carboxylic acids is 2. The number of hydrogen-bond donors (Lipinski definition) is 1. The Morgan fingerprint density at radius 1 is 1.36 bits per heavy atom. The largest absolute Gasteiger partial charge is 0.381 e. The molecule has 1 aliphatic rings. The van der Waals surface area contributed by atoms with Crippen LogP contribution in [0.4, 0.5) is 10.8 Å². The monoisotopic (exact) mass is 360 g/mol. The van der Waals surface area contributed by atoms with Crippen molar-refractivity contribution in [2.75, 3.05) is 30.0 Å². The lowest BCUT2D eigenvalue weighted by Crippen LogP contribution is -2.28. The van der Waals surface area contributed by atoms with Crippen molar-refractivity contribution >= 4 is 34.0 Å². The van der Waals surface area contributed by atoms with Gasteiger partial charge in [0.05, 0.1) is 12.5 Å². The fourth-order valence-corrected chi connectivity index (χ4v) is 3.38. The molecule has 1 fully saturated rings. The summed E-state index contributed by atoms with van der Waals surface area (Å²) in [5, 5.41) is 12.1. The van der Waals surface area contributed by atoms with E-state index in [1.165, 1.54) is 11.3 Å². The third-order valence-electron chi connectivity index (χ3n) is 3.93. The van der Waals surface area contributed by atoms with Crippen LogP contribution in [0, 0.1) is 5.92 Å². The van der Waals surface area contributed by atoms with Crippen molar-refractivity contribution in [1.29, 1.82) is 0 Å². The first-order chi connectivity index (χ1) is 12.2. The first-order valence-electron chi connectivity index (χ1n) is 8.23. The lowest BCUT2D eigenvalue weighted by atomic mass is 10.1. The van der Waals surface area contributed by atoms with Gasteiger partial charge in [-0.15, -0.1) is 10.2 Å². The molecule has 1 aliphatic heterocycles. The predicted molar refractivity (Wildman–Crippen MR) is 95.6 cm³/mol. The zero-order chi connectivity index (χ0) is 17.6. The van der Waals surface area contributed by atoms with Crippen molar-refractivity contribution in [2.24, 2.45) is 5.92 Å². The summed E-state index contributed by atoms with van der Waals surface area (Å²) in [6.07, 6.45) is 0.877. The molecule has 2 amide bonds. The van der Waals surface area contributed by atoms with Gasteiger partial charge in [-0.05, 0) is 19.1 Å². The van der Waals surface area contributed by atoms with Crippen LogP contribution < -0.4 is 10.2 Å². The summed E-state index contributed by atoms with van der Waals surface area (Å²) in [5.74, 6) is -0.621. The number of para-hydroxylation sites is 1. The van der Waals surface area contributed by atoms with E-state index in [1.54, 1.807) is 4.90 Å².